The first-order chi connectivity index (χ1) is 8.99. The lowest BCUT2D eigenvalue weighted by Crippen LogP contribution is -2.54. The summed E-state index contributed by atoms with van der Waals surface area (Å²) in [6, 6.07) is 2.13. The number of hydrogen-bond donors (Lipinski definition) is 1. The van der Waals surface area contributed by atoms with Gasteiger partial charge in [-0.2, -0.15) is 0 Å². The molecule has 0 amide bonds. The van der Waals surface area contributed by atoms with Gasteiger partial charge < -0.3 is 5.32 Å². The summed E-state index contributed by atoms with van der Waals surface area (Å²) in [5, 5.41) is 3.73. The van der Waals surface area contributed by atoms with Crippen molar-refractivity contribution in [1.82, 2.24) is 10.2 Å². The van der Waals surface area contributed by atoms with Crippen molar-refractivity contribution in [2.24, 2.45) is 11.8 Å². The van der Waals surface area contributed by atoms with Gasteiger partial charge in [-0.05, 0) is 58.0 Å². The molecular weight excluding hydrogens is 232 g/mol. The van der Waals surface area contributed by atoms with E-state index < -0.39 is 0 Å². The lowest BCUT2D eigenvalue weighted by molar-refractivity contribution is 0.0810. The van der Waals surface area contributed by atoms with Crippen LogP contribution in [0.5, 0.6) is 0 Å². The third kappa shape index (κ3) is 5.07. The average molecular weight is 268 g/mol. The molecule has 0 aromatic carbocycles. The van der Waals surface area contributed by atoms with E-state index in [4.69, 9.17) is 0 Å². The molecule has 1 fully saturated rings. The first-order valence-electron chi connectivity index (χ1n) is 8.44. The highest BCUT2D eigenvalue weighted by atomic mass is 15.2. The van der Waals surface area contributed by atoms with E-state index in [2.05, 4.69) is 51.9 Å². The SMILES string of the molecule is CCNC1CCC(CC)CC1N(C)C(C)CC(C)C. The van der Waals surface area contributed by atoms with Crippen LogP contribution in [0.15, 0.2) is 0 Å². The summed E-state index contributed by atoms with van der Waals surface area (Å²) in [6.07, 6.45) is 6.81. The maximum Gasteiger partial charge on any atom is 0.0251 e. The Morgan fingerprint density at radius 1 is 1.16 bits per heavy atom. The molecule has 0 saturated heterocycles. The molecule has 4 unspecified atom stereocenters. The summed E-state index contributed by atoms with van der Waals surface area (Å²) in [7, 11) is 2.35. The number of rotatable bonds is 7. The van der Waals surface area contributed by atoms with Gasteiger partial charge in [-0.25, -0.2) is 0 Å². The van der Waals surface area contributed by atoms with Crippen molar-refractivity contribution in [3.05, 3.63) is 0 Å². The minimum Gasteiger partial charge on any atom is -0.313 e. The quantitative estimate of drug-likeness (QED) is 0.753. The number of nitrogens with zero attached hydrogens (tertiary/aromatic N) is 1. The normalized spacial score (nSPS) is 30.0. The highest BCUT2D eigenvalue weighted by molar-refractivity contribution is 4.91. The minimum atomic E-state index is 0.696. The standard InChI is InChI=1S/C17H36N2/c1-7-15-9-10-16(18-8-2)17(12-15)19(6)14(5)11-13(3)4/h13-18H,7-12H2,1-6H3. The Morgan fingerprint density at radius 3 is 2.37 bits per heavy atom. The summed E-state index contributed by atoms with van der Waals surface area (Å²) in [6.45, 7) is 12.8. The molecule has 1 aliphatic carbocycles. The van der Waals surface area contributed by atoms with Crippen LogP contribution in [0.25, 0.3) is 0 Å². The first-order valence-corrected chi connectivity index (χ1v) is 8.44. The van der Waals surface area contributed by atoms with Gasteiger partial charge in [0.15, 0.2) is 0 Å². The Bertz CT molecular complexity index is 239. The van der Waals surface area contributed by atoms with E-state index in [-0.39, 0.29) is 0 Å². The van der Waals surface area contributed by atoms with E-state index in [1.165, 1.54) is 32.1 Å². The molecule has 2 heteroatoms. The van der Waals surface area contributed by atoms with Crippen molar-refractivity contribution in [3.8, 4) is 0 Å². The molecule has 4 atom stereocenters. The summed E-state index contributed by atoms with van der Waals surface area (Å²) < 4.78 is 0. The predicted molar refractivity (Wildman–Crippen MR) is 85.6 cm³/mol. The smallest absolute Gasteiger partial charge is 0.0251 e. The van der Waals surface area contributed by atoms with Gasteiger partial charge in [-0.15, -0.1) is 0 Å². The van der Waals surface area contributed by atoms with Gasteiger partial charge in [0.25, 0.3) is 0 Å². The van der Waals surface area contributed by atoms with Crippen LogP contribution in [-0.2, 0) is 0 Å². The maximum absolute atomic E-state index is 3.73. The lowest BCUT2D eigenvalue weighted by atomic mass is 9.79. The Balaban J connectivity index is 2.66. The molecule has 0 spiro atoms. The average Bonchev–Trinajstić information content (AvgIpc) is 2.38. The molecule has 114 valence electrons. The van der Waals surface area contributed by atoms with Gasteiger partial charge in [0.1, 0.15) is 0 Å². The summed E-state index contributed by atoms with van der Waals surface area (Å²) in [4.78, 5) is 2.66. The van der Waals surface area contributed by atoms with Crippen molar-refractivity contribution in [1.29, 1.82) is 0 Å². The Hall–Kier alpha value is -0.0800. The van der Waals surface area contributed by atoms with Gasteiger partial charge in [-0.1, -0.05) is 34.1 Å². The Labute approximate surface area is 121 Å². The maximum atomic E-state index is 3.73. The Kier molecular flexibility index (Phi) is 7.38. The third-order valence-corrected chi connectivity index (χ3v) is 5.00. The van der Waals surface area contributed by atoms with Crippen LogP contribution in [0.2, 0.25) is 0 Å². The van der Waals surface area contributed by atoms with Crippen LogP contribution in [-0.4, -0.2) is 36.6 Å². The van der Waals surface area contributed by atoms with Gasteiger partial charge >= 0.3 is 0 Å². The molecule has 0 aromatic heterocycles. The van der Waals surface area contributed by atoms with Crippen molar-refractivity contribution in [2.75, 3.05) is 13.6 Å². The molecular formula is C17H36N2. The van der Waals surface area contributed by atoms with Gasteiger partial charge in [0, 0.05) is 18.1 Å². The molecule has 0 aliphatic heterocycles. The second-order valence-electron chi connectivity index (χ2n) is 6.96. The second kappa shape index (κ2) is 8.26. The van der Waals surface area contributed by atoms with Crippen LogP contribution in [0.3, 0.4) is 0 Å². The zero-order valence-electron chi connectivity index (χ0n) is 14.1. The van der Waals surface area contributed by atoms with Gasteiger partial charge in [0.05, 0.1) is 0 Å². The van der Waals surface area contributed by atoms with Crippen LogP contribution < -0.4 is 5.32 Å². The van der Waals surface area contributed by atoms with Gasteiger partial charge in [0.2, 0.25) is 0 Å². The Morgan fingerprint density at radius 2 is 1.84 bits per heavy atom. The fraction of sp³-hybridized carbons (Fsp3) is 1.00. The zero-order chi connectivity index (χ0) is 14.4. The van der Waals surface area contributed by atoms with E-state index in [0.717, 1.165) is 24.4 Å². The van der Waals surface area contributed by atoms with Crippen molar-refractivity contribution in [2.45, 2.75) is 84.8 Å². The molecule has 0 aromatic rings. The van der Waals surface area contributed by atoms with Crippen LogP contribution in [0, 0.1) is 11.8 Å². The largest absolute Gasteiger partial charge is 0.313 e. The second-order valence-corrected chi connectivity index (χ2v) is 6.96. The summed E-state index contributed by atoms with van der Waals surface area (Å²) in [5.74, 6) is 1.73. The van der Waals surface area contributed by atoms with E-state index >= 15 is 0 Å². The predicted octanol–water partition coefficient (Wildman–Crippen LogP) is 3.91. The fourth-order valence-electron chi connectivity index (χ4n) is 3.73. The van der Waals surface area contributed by atoms with E-state index in [0.29, 0.717) is 12.1 Å². The van der Waals surface area contributed by atoms with E-state index in [1.807, 2.05) is 0 Å². The topological polar surface area (TPSA) is 15.3 Å². The molecule has 0 radical (unpaired) electrons. The molecule has 1 N–H and O–H groups in total. The first kappa shape index (κ1) is 17.0. The summed E-state index contributed by atoms with van der Waals surface area (Å²) >= 11 is 0. The number of likely N-dealkylation sites (N-methyl/N-ethyl adjacent to an activating group) is 2. The number of hydrogen-bond acceptors (Lipinski definition) is 2. The van der Waals surface area contributed by atoms with Gasteiger partial charge in [-0.3, -0.25) is 4.90 Å². The molecule has 0 bridgehead atoms. The fourth-order valence-corrected chi connectivity index (χ4v) is 3.73. The molecule has 1 aliphatic rings. The molecule has 1 saturated carbocycles. The number of nitrogens with one attached hydrogen (secondary N) is 1. The third-order valence-electron chi connectivity index (χ3n) is 5.00. The highest BCUT2D eigenvalue weighted by Crippen LogP contribution is 2.31. The van der Waals surface area contributed by atoms with Crippen LogP contribution >= 0.6 is 0 Å². The monoisotopic (exact) mass is 268 g/mol. The van der Waals surface area contributed by atoms with Crippen molar-refractivity contribution >= 4 is 0 Å². The molecule has 0 heterocycles. The van der Waals surface area contributed by atoms with Crippen molar-refractivity contribution < 1.29 is 0 Å². The lowest BCUT2D eigenvalue weighted by Gasteiger charge is -2.44. The van der Waals surface area contributed by atoms with Crippen LogP contribution in [0.1, 0.15) is 66.7 Å². The molecule has 2 nitrogen and oxygen atoms in total. The van der Waals surface area contributed by atoms with E-state index in [9.17, 15) is 0 Å². The molecule has 19 heavy (non-hydrogen) atoms. The molecule has 1 rings (SSSR count). The van der Waals surface area contributed by atoms with Crippen molar-refractivity contribution in [3.63, 3.8) is 0 Å². The highest BCUT2D eigenvalue weighted by Gasteiger charge is 2.33. The van der Waals surface area contributed by atoms with Crippen LogP contribution in [0.4, 0.5) is 0 Å². The van der Waals surface area contributed by atoms with E-state index in [1.54, 1.807) is 0 Å². The minimum absolute atomic E-state index is 0.696. The summed E-state index contributed by atoms with van der Waals surface area (Å²) in [5.41, 5.74) is 0. The zero-order valence-corrected chi connectivity index (χ0v) is 14.1.